The lowest BCUT2D eigenvalue weighted by Gasteiger charge is -2.35. The molecule has 7 nitrogen and oxygen atoms in total. The van der Waals surface area contributed by atoms with Crippen LogP contribution < -0.4 is 4.90 Å². The number of rotatable bonds is 5. The van der Waals surface area contributed by atoms with Gasteiger partial charge in [-0.2, -0.15) is 4.31 Å². The molecule has 3 rings (SSSR count). The first-order valence-corrected chi connectivity index (χ1v) is 11.3. The summed E-state index contributed by atoms with van der Waals surface area (Å²) in [7, 11) is -3.86. The van der Waals surface area contributed by atoms with Gasteiger partial charge in [0.15, 0.2) is 0 Å². The Kier molecular flexibility index (Phi) is 6.38. The molecule has 1 saturated heterocycles. The predicted octanol–water partition coefficient (Wildman–Crippen LogP) is 4.54. The minimum atomic E-state index is -3.86. The van der Waals surface area contributed by atoms with E-state index in [9.17, 15) is 18.5 Å². The average Bonchev–Trinajstić information content (AvgIpc) is 2.69. The van der Waals surface area contributed by atoms with Crippen molar-refractivity contribution in [3.05, 3.63) is 62.1 Å². The molecule has 0 atom stereocenters. The molecule has 0 spiro atoms. The van der Waals surface area contributed by atoms with Gasteiger partial charge in [0.05, 0.1) is 19.9 Å². The van der Waals surface area contributed by atoms with Crippen LogP contribution in [0.5, 0.6) is 0 Å². The van der Waals surface area contributed by atoms with E-state index in [0.717, 1.165) is 11.8 Å². The number of anilines is 1. The van der Waals surface area contributed by atoms with Gasteiger partial charge >= 0.3 is 0 Å². The van der Waals surface area contributed by atoms with E-state index in [1.165, 1.54) is 16.4 Å². The van der Waals surface area contributed by atoms with E-state index >= 15 is 0 Å². The highest BCUT2D eigenvalue weighted by Crippen LogP contribution is 2.32. The molecular weight excluding hydrogens is 437 g/mol. The largest absolute Gasteiger partial charge is 0.369 e. The van der Waals surface area contributed by atoms with Gasteiger partial charge in [0.25, 0.3) is 5.69 Å². The zero-order valence-corrected chi connectivity index (χ0v) is 18.3. The summed E-state index contributed by atoms with van der Waals surface area (Å²) in [5.41, 5.74) is 1.21. The Morgan fingerprint density at radius 1 is 1.00 bits per heavy atom. The van der Waals surface area contributed by atoms with Crippen LogP contribution in [0.25, 0.3) is 0 Å². The van der Waals surface area contributed by atoms with E-state index in [0.29, 0.717) is 28.7 Å². The normalized spacial score (nSPS) is 15.7. The van der Waals surface area contributed by atoms with Crippen molar-refractivity contribution in [3.8, 4) is 0 Å². The first-order valence-electron chi connectivity index (χ1n) is 9.09. The number of hydrogen-bond acceptors (Lipinski definition) is 5. The number of nitro groups is 1. The van der Waals surface area contributed by atoms with Gasteiger partial charge in [0.1, 0.15) is 0 Å². The summed E-state index contributed by atoms with van der Waals surface area (Å²) in [4.78, 5) is 12.6. The fourth-order valence-corrected chi connectivity index (χ4v) is 5.43. The number of sulfonamides is 1. The van der Waals surface area contributed by atoms with Crippen molar-refractivity contribution < 1.29 is 13.3 Å². The molecule has 0 aromatic heterocycles. The smallest absolute Gasteiger partial charge is 0.270 e. The monoisotopic (exact) mass is 457 g/mol. The zero-order valence-electron chi connectivity index (χ0n) is 16.0. The Balaban J connectivity index is 1.85. The summed E-state index contributed by atoms with van der Waals surface area (Å²) in [5.74, 6) is -0.0851. The van der Waals surface area contributed by atoms with Crippen molar-refractivity contribution in [1.82, 2.24) is 4.31 Å². The van der Waals surface area contributed by atoms with E-state index in [4.69, 9.17) is 23.2 Å². The number of nitro benzene ring substituents is 1. The Bertz CT molecular complexity index is 1040. The van der Waals surface area contributed by atoms with Crippen molar-refractivity contribution >= 4 is 44.6 Å². The summed E-state index contributed by atoms with van der Waals surface area (Å²) in [6.45, 7) is 5.21. The van der Waals surface area contributed by atoms with Gasteiger partial charge in [-0.25, -0.2) is 8.42 Å². The first-order chi connectivity index (χ1) is 13.6. The number of piperazine rings is 1. The number of halogens is 2. The van der Waals surface area contributed by atoms with Crippen LogP contribution >= 0.6 is 23.2 Å². The summed E-state index contributed by atoms with van der Waals surface area (Å²) >= 11 is 12.0. The Morgan fingerprint density at radius 2 is 1.66 bits per heavy atom. The van der Waals surface area contributed by atoms with E-state index in [2.05, 4.69) is 0 Å². The predicted molar refractivity (Wildman–Crippen MR) is 115 cm³/mol. The maximum Gasteiger partial charge on any atom is 0.270 e. The highest BCUT2D eigenvalue weighted by molar-refractivity contribution is 7.89. The van der Waals surface area contributed by atoms with Gasteiger partial charge in [0, 0.05) is 44.0 Å². The van der Waals surface area contributed by atoms with Crippen LogP contribution in [-0.4, -0.2) is 43.8 Å². The molecule has 2 aromatic rings. The molecule has 0 aliphatic carbocycles. The molecular formula is C19H21Cl2N3O4S. The summed E-state index contributed by atoms with van der Waals surface area (Å²) < 4.78 is 27.9. The molecule has 0 N–H and O–H groups in total. The van der Waals surface area contributed by atoms with E-state index in [-0.39, 0.29) is 29.6 Å². The van der Waals surface area contributed by atoms with Crippen molar-refractivity contribution in [2.45, 2.75) is 24.7 Å². The van der Waals surface area contributed by atoms with Crippen LogP contribution in [0.2, 0.25) is 10.0 Å². The number of nitrogens with zero attached hydrogens (tertiary/aromatic N) is 3. The Hall–Kier alpha value is -1.87. The minimum Gasteiger partial charge on any atom is -0.369 e. The molecule has 156 valence electrons. The molecule has 10 heteroatoms. The van der Waals surface area contributed by atoms with Gasteiger partial charge in [0.2, 0.25) is 10.0 Å². The van der Waals surface area contributed by atoms with Crippen LogP contribution in [0.4, 0.5) is 11.4 Å². The first kappa shape index (κ1) is 21.8. The van der Waals surface area contributed by atoms with Crippen molar-refractivity contribution in [1.29, 1.82) is 0 Å². The molecule has 1 heterocycles. The van der Waals surface area contributed by atoms with Crippen molar-refractivity contribution in [3.63, 3.8) is 0 Å². The fourth-order valence-electron chi connectivity index (χ4n) is 3.34. The number of benzene rings is 2. The molecule has 0 amide bonds. The SMILES string of the molecule is CC(C)c1ccc([N+](=O)[O-])cc1S(=O)(=O)N1CCN(c2ccc(Cl)c(Cl)c2)CC1. The van der Waals surface area contributed by atoms with Crippen molar-refractivity contribution in [2.75, 3.05) is 31.1 Å². The van der Waals surface area contributed by atoms with Gasteiger partial charge in [-0.3, -0.25) is 10.1 Å². The second kappa shape index (κ2) is 8.47. The van der Waals surface area contributed by atoms with E-state index in [1.54, 1.807) is 12.1 Å². The third-order valence-electron chi connectivity index (χ3n) is 4.95. The van der Waals surface area contributed by atoms with Crippen LogP contribution in [-0.2, 0) is 10.0 Å². The summed E-state index contributed by atoms with van der Waals surface area (Å²) in [6, 6.07) is 9.34. The third kappa shape index (κ3) is 4.50. The quantitative estimate of drug-likeness (QED) is 0.486. The van der Waals surface area contributed by atoms with Crippen molar-refractivity contribution in [2.24, 2.45) is 0 Å². The summed E-state index contributed by atoms with van der Waals surface area (Å²) in [5, 5.41) is 12.1. The molecule has 1 aliphatic heterocycles. The topological polar surface area (TPSA) is 83.8 Å². The standard InChI is InChI=1S/C19H21Cl2N3O4S/c1-13(2)16-5-3-15(24(25)26)12-19(16)29(27,28)23-9-7-22(8-10-23)14-4-6-17(20)18(21)11-14/h3-6,11-13H,7-10H2,1-2H3. The Morgan fingerprint density at radius 3 is 2.21 bits per heavy atom. The molecule has 0 unspecified atom stereocenters. The maximum atomic E-state index is 13.3. The maximum absolute atomic E-state index is 13.3. The van der Waals surface area contributed by atoms with Gasteiger partial charge in [-0.1, -0.05) is 43.1 Å². The third-order valence-corrected chi connectivity index (χ3v) is 7.65. The molecule has 0 saturated carbocycles. The fraction of sp³-hybridized carbons (Fsp3) is 0.368. The summed E-state index contributed by atoms with van der Waals surface area (Å²) in [6.07, 6.45) is 0. The zero-order chi connectivity index (χ0) is 21.3. The van der Waals surface area contributed by atoms with E-state index < -0.39 is 14.9 Å². The van der Waals surface area contributed by atoms with Crippen LogP contribution in [0.1, 0.15) is 25.3 Å². The van der Waals surface area contributed by atoms with Crippen LogP contribution in [0.15, 0.2) is 41.3 Å². The molecule has 1 fully saturated rings. The van der Waals surface area contributed by atoms with Crippen LogP contribution in [0, 0.1) is 10.1 Å². The molecule has 29 heavy (non-hydrogen) atoms. The molecule has 0 bridgehead atoms. The van der Waals surface area contributed by atoms with Gasteiger partial charge in [-0.05, 0) is 29.7 Å². The van der Waals surface area contributed by atoms with Gasteiger partial charge in [-0.15, -0.1) is 0 Å². The Labute approximate surface area is 180 Å². The number of hydrogen-bond donors (Lipinski definition) is 0. The second-order valence-corrected chi connectivity index (χ2v) is 9.84. The van der Waals surface area contributed by atoms with Crippen LogP contribution in [0.3, 0.4) is 0 Å². The molecule has 2 aromatic carbocycles. The second-order valence-electron chi connectivity index (χ2n) is 7.12. The van der Waals surface area contributed by atoms with E-state index in [1.807, 2.05) is 24.8 Å². The lowest BCUT2D eigenvalue weighted by atomic mass is 10.0. The highest BCUT2D eigenvalue weighted by atomic mass is 35.5. The van der Waals surface area contributed by atoms with Gasteiger partial charge < -0.3 is 4.90 Å². The lowest BCUT2D eigenvalue weighted by molar-refractivity contribution is -0.385. The molecule has 1 aliphatic rings. The molecule has 0 radical (unpaired) electrons. The number of non-ortho nitro benzene ring substituents is 1. The highest BCUT2D eigenvalue weighted by Gasteiger charge is 2.32. The minimum absolute atomic E-state index is 0.00434. The average molecular weight is 458 g/mol. The lowest BCUT2D eigenvalue weighted by Crippen LogP contribution is -2.48.